The van der Waals surface area contributed by atoms with Crippen molar-refractivity contribution in [3.8, 4) is 5.69 Å². The van der Waals surface area contributed by atoms with E-state index in [0.717, 1.165) is 41.1 Å². The average molecular weight is 413 g/mol. The van der Waals surface area contributed by atoms with E-state index in [9.17, 15) is 4.79 Å². The molecule has 0 saturated heterocycles. The maximum Gasteiger partial charge on any atom is 0.341 e. The van der Waals surface area contributed by atoms with Crippen LogP contribution in [0.1, 0.15) is 32.8 Å². The highest BCUT2D eigenvalue weighted by molar-refractivity contribution is 7.80. The van der Waals surface area contributed by atoms with Gasteiger partial charge >= 0.3 is 5.97 Å². The van der Waals surface area contributed by atoms with E-state index < -0.39 is 0 Å². The molecule has 3 aromatic rings. The van der Waals surface area contributed by atoms with Crippen molar-refractivity contribution in [1.82, 2.24) is 15.1 Å². The molecule has 2 N–H and O–H groups in total. The maximum absolute atomic E-state index is 12.2. The van der Waals surface area contributed by atoms with Gasteiger partial charge in [-0.15, -0.1) is 11.3 Å². The fourth-order valence-corrected chi connectivity index (χ4v) is 4.85. The lowest BCUT2D eigenvalue weighted by molar-refractivity contribution is 0.0601. The van der Waals surface area contributed by atoms with Crippen LogP contribution in [0.5, 0.6) is 0 Å². The zero-order chi connectivity index (χ0) is 19.5. The van der Waals surface area contributed by atoms with E-state index in [1.807, 2.05) is 41.2 Å². The Balaban J connectivity index is 1.39. The molecule has 0 fully saturated rings. The van der Waals surface area contributed by atoms with Gasteiger partial charge in [0.2, 0.25) is 0 Å². The number of carbonyl (C=O) groups excluding carboxylic acids is 1. The fraction of sp³-hybridized carbons (Fsp3) is 0.250. The molecule has 6 nitrogen and oxygen atoms in total. The molecule has 0 bridgehead atoms. The smallest absolute Gasteiger partial charge is 0.341 e. The lowest BCUT2D eigenvalue weighted by Gasteiger charge is -2.11. The van der Waals surface area contributed by atoms with Gasteiger partial charge in [-0.25, -0.2) is 9.48 Å². The van der Waals surface area contributed by atoms with Crippen molar-refractivity contribution in [1.29, 1.82) is 0 Å². The van der Waals surface area contributed by atoms with Gasteiger partial charge in [-0.05, 0) is 60.8 Å². The summed E-state index contributed by atoms with van der Waals surface area (Å²) in [5.74, 6) is -0.307. The van der Waals surface area contributed by atoms with Gasteiger partial charge in [0.05, 0.1) is 18.4 Å². The van der Waals surface area contributed by atoms with E-state index in [4.69, 9.17) is 17.0 Å². The Kier molecular flexibility index (Phi) is 5.40. The second-order valence-corrected chi connectivity index (χ2v) is 7.99. The number of aromatic nitrogens is 2. The van der Waals surface area contributed by atoms with Crippen LogP contribution in [0, 0.1) is 0 Å². The molecule has 144 valence electrons. The third-order valence-corrected chi connectivity index (χ3v) is 6.15. The molecule has 1 aliphatic carbocycles. The Bertz CT molecular complexity index is 994. The standard InChI is InChI=1S/C20H20N4O2S2/c1-26-19(25)17-15-4-2-5-16(15)28-18(17)23-20(27)21-12-13-6-8-14(9-7-13)24-11-3-10-22-24/h3,6-11H,2,4-5,12H2,1H3,(H2,21,23,27). The number of anilines is 1. The number of thiophene rings is 1. The van der Waals surface area contributed by atoms with Crippen LogP contribution in [-0.2, 0) is 24.1 Å². The topological polar surface area (TPSA) is 68.2 Å². The number of hydrogen-bond acceptors (Lipinski definition) is 5. The zero-order valence-corrected chi connectivity index (χ0v) is 17.0. The van der Waals surface area contributed by atoms with Gasteiger partial charge in [-0.1, -0.05) is 12.1 Å². The Morgan fingerprint density at radius 3 is 2.86 bits per heavy atom. The quantitative estimate of drug-likeness (QED) is 0.492. The van der Waals surface area contributed by atoms with Crippen molar-refractivity contribution < 1.29 is 9.53 Å². The largest absolute Gasteiger partial charge is 0.465 e. The fourth-order valence-electron chi connectivity index (χ4n) is 3.33. The first-order chi connectivity index (χ1) is 13.7. The number of methoxy groups -OCH3 is 1. The first-order valence-corrected chi connectivity index (χ1v) is 10.2. The number of esters is 1. The SMILES string of the molecule is COC(=O)c1c(NC(=S)NCc2ccc(-n3cccn3)cc2)sc2c1CCC2. The van der Waals surface area contributed by atoms with Crippen LogP contribution in [0.2, 0.25) is 0 Å². The van der Waals surface area contributed by atoms with Gasteiger partial charge < -0.3 is 15.4 Å². The van der Waals surface area contributed by atoms with Gasteiger partial charge in [-0.3, -0.25) is 0 Å². The minimum atomic E-state index is -0.307. The number of rotatable bonds is 5. The Hall–Kier alpha value is -2.71. The number of nitrogens with one attached hydrogen (secondary N) is 2. The lowest BCUT2D eigenvalue weighted by atomic mass is 10.1. The van der Waals surface area contributed by atoms with Gasteiger partial charge in [0.15, 0.2) is 5.11 Å². The van der Waals surface area contributed by atoms with Crippen molar-refractivity contribution in [2.75, 3.05) is 12.4 Å². The summed E-state index contributed by atoms with van der Waals surface area (Å²) in [5.41, 5.74) is 3.84. The molecule has 0 aliphatic heterocycles. The summed E-state index contributed by atoms with van der Waals surface area (Å²) in [6.07, 6.45) is 6.67. The van der Waals surface area contributed by atoms with E-state index in [-0.39, 0.29) is 5.97 Å². The van der Waals surface area contributed by atoms with Crippen LogP contribution in [0.4, 0.5) is 5.00 Å². The van der Waals surface area contributed by atoms with Gasteiger partial charge in [0.1, 0.15) is 5.00 Å². The second-order valence-electron chi connectivity index (χ2n) is 6.48. The molecule has 2 aromatic heterocycles. The lowest BCUT2D eigenvalue weighted by Crippen LogP contribution is -2.28. The molecule has 4 rings (SSSR count). The van der Waals surface area contributed by atoms with Gasteiger partial charge in [-0.2, -0.15) is 5.10 Å². The normalized spacial score (nSPS) is 12.5. The van der Waals surface area contributed by atoms with Gasteiger partial charge in [0, 0.05) is 23.8 Å². The number of thiocarbonyl (C=S) groups is 1. The first-order valence-electron chi connectivity index (χ1n) is 9.02. The van der Waals surface area contributed by atoms with E-state index in [0.29, 0.717) is 17.2 Å². The number of ether oxygens (including phenoxy) is 1. The van der Waals surface area contributed by atoms with Crippen LogP contribution in [0.15, 0.2) is 42.7 Å². The monoisotopic (exact) mass is 412 g/mol. The summed E-state index contributed by atoms with van der Waals surface area (Å²) in [6.45, 7) is 0.587. The van der Waals surface area contributed by atoms with Crippen LogP contribution in [0.3, 0.4) is 0 Å². The van der Waals surface area contributed by atoms with E-state index >= 15 is 0 Å². The molecule has 0 radical (unpaired) electrons. The number of benzene rings is 1. The highest BCUT2D eigenvalue weighted by Crippen LogP contribution is 2.39. The second kappa shape index (κ2) is 8.12. The summed E-state index contributed by atoms with van der Waals surface area (Å²) in [6, 6.07) is 9.99. The Morgan fingerprint density at radius 2 is 2.14 bits per heavy atom. The number of aryl methyl sites for hydroxylation is 1. The molecule has 0 unspecified atom stereocenters. The highest BCUT2D eigenvalue weighted by Gasteiger charge is 2.27. The van der Waals surface area contributed by atoms with E-state index in [2.05, 4.69) is 15.7 Å². The number of fused-ring (bicyclic) bond motifs is 1. The summed E-state index contributed by atoms with van der Waals surface area (Å²) in [4.78, 5) is 13.5. The van der Waals surface area contributed by atoms with E-state index in [1.54, 1.807) is 17.5 Å². The third kappa shape index (κ3) is 3.79. The summed E-state index contributed by atoms with van der Waals surface area (Å²) < 4.78 is 6.78. The van der Waals surface area contributed by atoms with Crippen LogP contribution in [0.25, 0.3) is 5.69 Å². The molecule has 2 heterocycles. The highest BCUT2D eigenvalue weighted by atomic mass is 32.1. The number of nitrogens with zero attached hydrogens (tertiary/aromatic N) is 2. The predicted molar refractivity (Wildman–Crippen MR) is 114 cm³/mol. The zero-order valence-electron chi connectivity index (χ0n) is 15.4. The average Bonchev–Trinajstić information content (AvgIpc) is 3.44. The molecule has 0 atom stereocenters. The van der Waals surface area contributed by atoms with Crippen LogP contribution < -0.4 is 10.6 Å². The summed E-state index contributed by atoms with van der Waals surface area (Å²) in [5, 5.41) is 11.9. The predicted octanol–water partition coefficient (Wildman–Crippen LogP) is 3.70. The van der Waals surface area contributed by atoms with Crippen LogP contribution >= 0.6 is 23.6 Å². The number of hydrogen-bond donors (Lipinski definition) is 2. The summed E-state index contributed by atoms with van der Waals surface area (Å²) in [7, 11) is 1.41. The van der Waals surface area contributed by atoms with E-state index in [1.165, 1.54) is 12.0 Å². The number of carbonyl (C=O) groups is 1. The van der Waals surface area contributed by atoms with Crippen molar-refractivity contribution in [3.05, 3.63) is 64.3 Å². The van der Waals surface area contributed by atoms with Gasteiger partial charge in [0.25, 0.3) is 0 Å². The van der Waals surface area contributed by atoms with Crippen molar-refractivity contribution in [2.24, 2.45) is 0 Å². The third-order valence-electron chi connectivity index (χ3n) is 4.70. The molecular weight excluding hydrogens is 392 g/mol. The Labute approximate surface area is 172 Å². The minimum Gasteiger partial charge on any atom is -0.465 e. The molecule has 8 heteroatoms. The maximum atomic E-state index is 12.2. The molecule has 28 heavy (non-hydrogen) atoms. The molecule has 0 spiro atoms. The molecule has 0 amide bonds. The first kappa shape index (κ1) is 18.6. The van der Waals surface area contributed by atoms with Crippen molar-refractivity contribution in [2.45, 2.75) is 25.8 Å². The minimum absolute atomic E-state index is 0.307. The van der Waals surface area contributed by atoms with Crippen molar-refractivity contribution in [3.63, 3.8) is 0 Å². The molecule has 1 aromatic carbocycles. The molecular formula is C20H20N4O2S2. The Morgan fingerprint density at radius 1 is 1.32 bits per heavy atom. The van der Waals surface area contributed by atoms with Crippen LogP contribution in [-0.4, -0.2) is 28.0 Å². The molecule has 1 aliphatic rings. The molecule has 0 saturated carbocycles. The summed E-state index contributed by atoms with van der Waals surface area (Å²) >= 11 is 7.03. The van der Waals surface area contributed by atoms with Crippen molar-refractivity contribution >= 4 is 39.6 Å².